The lowest BCUT2D eigenvalue weighted by Crippen LogP contribution is -2.35. The number of hydrogen-bond donors (Lipinski definition) is 2. The zero-order valence-corrected chi connectivity index (χ0v) is 16.8. The Balaban J connectivity index is 1.46. The molecule has 4 rings (SSSR count). The van der Waals surface area contributed by atoms with E-state index in [9.17, 15) is 4.79 Å². The number of aromatic nitrogens is 2. The maximum absolute atomic E-state index is 12.7. The van der Waals surface area contributed by atoms with Gasteiger partial charge in [-0.15, -0.1) is 0 Å². The Bertz CT molecular complexity index is 1010. The van der Waals surface area contributed by atoms with Crippen LogP contribution >= 0.6 is 0 Å². The first kappa shape index (κ1) is 19.2. The van der Waals surface area contributed by atoms with E-state index < -0.39 is 0 Å². The summed E-state index contributed by atoms with van der Waals surface area (Å²) >= 11 is 0. The summed E-state index contributed by atoms with van der Waals surface area (Å²) in [5.74, 6) is 1.29. The highest BCUT2D eigenvalue weighted by Gasteiger charge is 2.21. The molecule has 1 aliphatic heterocycles. The Morgan fingerprint density at radius 1 is 1.14 bits per heavy atom. The number of H-pyrrole nitrogens is 1. The van der Waals surface area contributed by atoms with Crippen LogP contribution in [0.15, 0.2) is 59.4 Å². The molecule has 2 N–H and O–H groups in total. The molecule has 0 aliphatic carbocycles. The average Bonchev–Trinajstić information content (AvgIpc) is 2.70. The summed E-state index contributed by atoms with van der Waals surface area (Å²) in [7, 11) is 0. The fraction of sp³-hybridized carbons (Fsp3) is 0.304. The molecular formula is C23H26N4O2. The quantitative estimate of drug-likeness (QED) is 0.669. The van der Waals surface area contributed by atoms with E-state index >= 15 is 0 Å². The number of ether oxygens (including phenoxy) is 1. The van der Waals surface area contributed by atoms with Crippen molar-refractivity contribution in [2.75, 3.05) is 11.9 Å². The van der Waals surface area contributed by atoms with Crippen molar-refractivity contribution in [1.82, 2.24) is 14.9 Å². The molecule has 0 fully saturated rings. The Kier molecular flexibility index (Phi) is 5.62. The van der Waals surface area contributed by atoms with E-state index in [2.05, 4.69) is 32.3 Å². The van der Waals surface area contributed by atoms with E-state index in [1.165, 1.54) is 5.56 Å². The highest BCUT2D eigenvalue weighted by molar-refractivity contribution is 5.54. The smallest absolute Gasteiger partial charge is 0.257 e. The van der Waals surface area contributed by atoms with Gasteiger partial charge in [0, 0.05) is 31.7 Å². The van der Waals surface area contributed by atoms with E-state index in [0.29, 0.717) is 12.5 Å². The zero-order valence-electron chi connectivity index (χ0n) is 16.8. The standard InChI is InChI=1S/C23H26N4O2/c1-16(2)29-19-10-8-18(9-11-19)24-23-25-21-12-13-27(15-20(21)22(28)26-23)14-17-6-4-3-5-7-17/h3-11,16H,12-15H2,1-2H3,(H2,24,25,26,28). The van der Waals surface area contributed by atoms with Crippen LogP contribution in [-0.2, 0) is 19.5 Å². The van der Waals surface area contributed by atoms with Crippen LogP contribution in [0.25, 0.3) is 0 Å². The third kappa shape index (κ3) is 4.84. The predicted octanol–water partition coefficient (Wildman–Crippen LogP) is 3.86. The molecule has 0 radical (unpaired) electrons. The molecule has 29 heavy (non-hydrogen) atoms. The second-order valence-electron chi connectivity index (χ2n) is 7.60. The number of fused-ring (bicyclic) bond motifs is 1. The third-order valence-electron chi connectivity index (χ3n) is 4.89. The molecule has 1 aliphatic rings. The average molecular weight is 390 g/mol. The topological polar surface area (TPSA) is 70.2 Å². The van der Waals surface area contributed by atoms with Crippen molar-refractivity contribution in [1.29, 1.82) is 0 Å². The van der Waals surface area contributed by atoms with Gasteiger partial charge < -0.3 is 10.1 Å². The van der Waals surface area contributed by atoms with Gasteiger partial charge in [-0.2, -0.15) is 0 Å². The number of hydrogen-bond acceptors (Lipinski definition) is 5. The van der Waals surface area contributed by atoms with Crippen LogP contribution in [0.1, 0.15) is 30.7 Å². The van der Waals surface area contributed by atoms with Gasteiger partial charge in [0.15, 0.2) is 0 Å². The maximum atomic E-state index is 12.7. The van der Waals surface area contributed by atoms with Gasteiger partial charge in [-0.05, 0) is 43.7 Å². The summed E-state index contributed by atoms with van der Waals surface area (Å²) in [5, 5.41) is 3.19. The number of nitrogens with one attached hydrogen (secondary N) is 2. The number of rotatable bonds is 6. The molecule has 0 spiro atoms. The summed E-state index contributed by atoms with van der Waals surface area (Å²) in [4.78, 5) is 22.5. The van der Waals surface area contributed by atoms with Crippen LogP contribution in [0.3, 0.4) is 0 Å². The predicted molar refractivity (Wildman–Crippen MR) is 115 cm³/mol. The van der Waals surface area contributed by atoms with Gasteiger partial charge >= 0.3 is 0 Å². The Hall–Kier alpha value is -3.12. The minimum Gasteiger partial charge on any atom is -0.491 e. The van der Waals surface area contributed by atoms with E-state index in [1.807, 2.05) is 56.3 Å². The van der Waals surface area contributed by atoms with E-state index in [0.717, 1.165) is 42.2 Å². The fourth-order valence-electron chi connectivity index (χ4n) is 3.54. The summed E-state index contributed by atoms with van der Waals surface area (Å²) in [6, 6.07) is 18.0. The summed E-state index contributed by atoms with van der Waals surface area (Å²) in [5.41, 5.74) is 3.67. The van der Waals surface area contributed by atoms with Crippen molar-refractivity contribution in [3.63, 3.8) is 0 Å². The first-order valence-corrected chi connectivity index (χ1v) is 9.99. The van der Waals surface area contributed by atoms with Crippen molar-refractivity contribution in [3.8, 4) is 5.75 Å². The van der Waals surface area contributed by atoms with Gasteiger partial charge in [-0.3, -0.25) is 14.7 Å². The van der Waals surface area contributed by atoms with Crippen molar-refractivity contribution in [3.05, 3.63) is 81.8 Å². The van der Waals surface area contributed by atoms with Gasteiger partial charge in [0.25, 0.3) is 5.56 Å². The molecule has 150 valence electrons. The molecule has 1 aromatic heterocycles. The molecule has 0 atom stereocenters. The highest BCUT2D eigenvalue weighted by atomic mass is 16.5. The van der Waals surface area contributed by atoms with Crippen LogP contribution in [-0.4, -0.2) is 27.5 Å². The monoisotopic (exact) mass is 390 g/mol. The van der Waals surface area contributed by atoms with Gasteiger partial charge in [0.05, 0.1) is 17.4 Å². The Labute approximate surface area is 170 Å². The lowest BCUT2D eigenvalue weighted by molar-refractivity contribution is 0.242. The first-order valence-electron chi connectivity index (χ1n) is 9.99. The lowest BCUT2D eigenvalue weighted by atomic mass is 10.1. The number of benzene rings is 2. The molecule has 0 bridgehead atoms. The van der Waals surface area contributed by atoms with Crippen LogP contribution < -0.4 is 15.6 Å². The summed E-state index contributed by atoms with van der Waals surface area (Å²) < 4.78 is 5.66. The summed E-state index contributed by atoms with van der Waals surface area (Å²) in [6.45, 7) is 6.33. The highest BCUT2D eigenvalue weighted by Crippen LogP contribution is 2.21. The second-order valence-corrected chi connectivity index (χ2v) is 7.60. The number of nitrogens with zero attached hydrogens (tertiary/aromatic N) is 2. The van der Waals surface area contributed by atoms with Gasteiger partial charge in [-0.1, -0.05) is 30.3 Å². The SMILES string of the molecule is CC(C)Oc1ccc(Nc2nc3c(c(=O)[nH]2)CN(Cc2ccccc2)CC3)cc1. The van der Waals surface area contributed by atoms with Gasteiger partial charge in [-0.25, -0.2) is 4.98 Å². The van der Waals surface area contributed by atoms with Gasteiger partial charge in [0.1, 0.15) is 5.75 Å². The minimum absolute atomic E-state index is 0.0741. The van der Waals surface area contributed by atoms with E-state index in [1.54, 1.807) is 0 Å². The molecule has 2 heterocycles. The van der Waals surface area contributed by atoms with E-state index in [4.69, 9.17) is 4.74 Å². The van der Waals surface area contributed by atoms with Gasteiger partial charge in [0.2, 0.25) is 5.95 Å². The van der Waals surface area contributed by atoms with E-state index in [-0.39, 0.29) is 11.7 Å². The Morgan fingerprint density at radius 3 is 2.62 bits per heavy atom. The molecule has 6 nitrogen and oxygen atoms in total. The zero-order chi connectivity index (χ0) is 20.2. The summed E-state index contributed by atoms with van der Waals surface area (Å²) in [6.07, 6.45) is 0.899. The largest absolute Gasteiger partial charge is 0.491 e. The normalized spacial score (nSPS) is 13.9. The van der Waals surface area contributed by atoms with Crippen LogP contribution in [0, 0.1) is 0 Å². The molecule has 0 saturated heterocycles. The lowest BCUT2D eigenvalue weighted by Gasteiger charge is -2.27. The molecular weight excluding hydrogens is 364 g/mol. The Morgan fingerprint density at radius 2 is 1.90 bits per heavy atom. The van der Waals surface area contributed by atoms with Crippen molar-refractivity contribution >= 4 is 11.6 Å². The fourth-order valence-corrected chi connectivity index (χ4v) is 3.54. The second kappa shape index (κ2) is 8.49. The maximum Gasteiger partial charge on any atom is 0.257 e. The molecule has 0 amide bonds. The minimum atomic E-state index is -0.0741. The molecule has 2 aromatic carbocycles. The molecule has 6 heteroatoms. The molecule has 3 aromatic rings. The molecule has 0 unspecified atom stereocenters. The van der Waals surface area contributed by atoms with Crippen LogP contribution in [0.2, 0.25) is 0 Å². The van der Waals surface area contributed by atoms with Crippen LogP contribution in [0.5, 0.6) is 5.75 Å². The first-order chi connectivity index (χ1) is 14.1. The molecule has 0 saturated carbocycles. The third-order valence-corrected chi connectivity index (χ3v) is 4.89. The number of anilines is 2. The van der Waals surface area contributed by atoms with Crippen molar-refractivity contribution in [2.45, 2.75) is 39.5 Å². The van der Waals surface area contributed by atoms with Crippen LogP contribution in [0.4, 0.5) is 11.6 Å². The number of aromatic amines is 1. The van der Waals surface area contributed by atoms with Crippen molar-refractivity contribution in [2.24, 2.45) is 0 Å². The van der Waals surface area contributed by atoms with Crippen molar-refractivity contribution < 1.29 is 4.74 Å².